The number of hydrogen-bond donors (Lipinski definition) is 5. The van der Waals surface area contributed by atoms with E-state index in [9.17, 15) is 14.4 Å². The fourth-order valence-corrected chi connectivity index (χ4v) is 1.08. The summed E-state index contributed by atoms with van der Waals surface area (Å²) in [6.07, 6.45) is -2.01. The number of carbonyl (C=O) groups excluding carboxylic acids is 2. The normalized spacial score (nSPS) is 12.6. The first-order chi connectivity index (χ1) is 10.8. The van der Waals surface area contributed by atoms with Crippen LogP contribution >= 0.6 is 0 Å². The van der Waals surface area contributed by atoms with Crippen molar-refractivity contribution in [2.24, 2.45) is 0 Å². The van der Waals surface area contributed by atoms with Crippen molar-refractivity contribution < 1.29 is 49.4 Å². The minimum absolute atomic E-state index is 0.195. The lowest BCUT2D eigenvalue weighted by Crippen LogP contribution is -2.33. The molecule has 0 spiro atoms. The molecule has 0 saturated carbocycles. The summed E-state index contributed by atoms with van der Waals surface area (Å²) in [4.78, 5) is 32.1. The fraction of sp³-hybridized carbons (Fsp3) is 0.769. The molecule has 2 atom stereocenters. The maximum atomic E-state index is 11.2. The Balaban J connectivity index is 0. The molecule has 2 unspecified atom stereocenters. The van der Waals surface area contributed by atoms with Crippen LogP contribution in [-0.4, -0.2) is 82.1 Å². The highest BCUT2D eigenvalue weighted by molar-refractivity contribution is 5.89. The number of carbonyl (C=O) groups is 3. The summed E-state index contributed by atoms with van der Waals surface area (Å²) in [5.41, 5.74) is 0. The molecule has 23 heavy (non-hydrogen) atoms. The molecule has 10 heteroatoms. The lowest BCUT2D eigenvalue weighted by molar-refractivity contribution is -0.171. The second-order valence-electron chi connectivity index (χ2n) is 4.32. The molecule has 0 fully saturated rings. The van der Waals surface area contributed by atoms with Gasteiger partial charge in [-0.15, -0.1) is 0 Å². The molecule has 0 radical (unpaired) electrons. The van der Waals surface area contributed by atoms with Gasteiger partial charge in [0.2, 0.25) is 0 Å². The van der Waals surface area contributed by atoms with E-state index in [4.69, 9.17) is 30.3 Å². The lowest BCUT2D eigenvalue weighted by atomic mass is 10.2. The Kier molecular flexibility index (Phi) is 15.8. The van der Waals surface area contributed by atoms with Gasteiger partial charge in [-0.05, 0) is 12.8 Å². The fourth-order valence-electron chi connectivity index (χ4n) is 1.08. The number of aliphatic carboxylic acids is 1. The number of carboxylic acids is 1. The van der Waals surface area contributed by atoms with Gasteiger partial charge in [0.15, 0.2) is 6.10 Å². The third-order valence-corrected chi connectivity index (χ3v) is 2.13. The molecule has 136 valence electrons. The largest absolute Gasteiger partial charge is 0.481 e. The molecule has 0 rings (SSSR count). The van der Waals surface area contributed by atoms with Gasteiger partial charge in [-0.3, -0.25) is 9.59 Å². The Morgan fingerprint density at radius 3 is 1.91 bits per heavy atom. The number of unbranched alkanes of at least 4 members (excludes halogenated alkanes) is 1. The average molecular weight is 340 g/mol. The number of aliphatic hydroxyl groups excluding tert-OH is 4. The molecule has 5 N–H and O–H groups in total. The van der Waals surface area contributed by atoms with Crippen molar-refractivity contribution in [1.29, 1.82) is 0 Å². The smallest absolute Gasteiger partial charge is 0.343 e. The van der Waals surface area contributed by atoms with Crippen LogP contribution < -0.4 is 0 Å². The van der Waals surface area contributed by atoms with E-state index in [-0.39, 0.29) is 13.2 Å². The van der Waals surface area contributed by atoms with E-state index >= 15 is 0 Å². The third-order valence-electron chi connectivity index (χ3n) is 2.13. The van der Waals surface area contributed by atoms with Gasteiger partial charge in [-0.1, -0.05) is 0 Å². The van der Waals surface area contributed by atoms with Crippen molar-refractivity contribution in [3.8, 4) is 0 Å². The maximum Gasteiger partial charge on any atom is 0.343 e. The summed E-state index contributed by atoms with van der Waals surface area (Å²) in [6.45, 7) is 0.336. The van der Waals surface area contributed by atoms with E-state index in [0.717, 1.165) is 19.8 Å². The summed E-state index contributed by atoms with van der Waals surface area (Å²) in [7, 11) is 0. The molecular weight excluding hydrogens is 316 g/mol. The Morgan fingerprint density at radius 2 is 1.57 bits per heavy atom. The summed E-state index contributed by atoms with van der Waals surface area (Å²) in [6, 6.07) is 0. The van der Waals surface area contributed by atoms with Crippen LogP contribution in [0.5, 0.6) is 0 Å². The molecule has 0 aromatic carbocycles. The number of aliphatic hydroxyl groups is 4. The Hall–Kier alpha value is -1.59. The van der Waals surface area contributed by atoms with Gasteiger partial charge >= 0.3 is 17.9 Å². The zero-order valence-corrected chi connectivity index (χ0v) is 12.9. The first-order valence-electron chi connectivity index (χ1n) is 6.84. The van der Waals surface area contributed by atoms with E-state index in [0.29, 0.717) is 0 Å². The van der Waals surface area contributed by atoms with Crippen molar-refractivity contribution in [2.75, 3.05) is 26.4 Å². The van der Waals surface area contributed by atoms with Crippen LogP contribution in [0.15, 0.2) is 0 Å². The zero-order valence-electron chi connectivity index (χ0n) is 12.9. The van der Waals surface area contributed by atoms with E-state index in [1.807, 2.05) is 0 Å². The van der Waals surface area contributed by atoms with Crippen molar-refractivity contribution in [2.45, 2.75) is 38.4 Å². The van der Waals surface area contributed by atoms with Crippen LogP contribution in [0.2, 0.25) is 0 Å². The minimum atomic E-state index is -1.50. The second-order valence-corrected chi connectivity index (χ2v) is 4.32. The quantitative estimate of drug-likeness (QED) is 0.171. The van der Waals surface area contributed by atoms with Gasteiger partial charge in [-0.25, -0.2) is 4.79 Å². The molecule has 0 aromatic rings. The predicted molar refractivity (Wildman–Crippen MR) is 75.3 cm³/mol. The third kappa shape index (κ3) is 16.6. The van der Waals surface area contributed by atoms with E-state index in [2.05, 4.69) is 4.74 Å². The molecule has 0 aromatic heterocycles. The molecule has 0 amide bonds. The maximum absolute atomic E-state index is 11.2. The van der Waals surface area contributed by atoms with Crippen LogP contribution in [-0.2, 0) is 23.9 Å². The number of esters is 2. The summed E-state index contributed by atoms with van der Waals surface area (Å²) < 4.78 is 8.92. The lowest BCUT2D eigenvalue weighted by Gasteiger charge is -2.15. The van der Waals surface area contributed by atoms with Gasteiger partial charge in [-0.2, -0.15) is 0 Å². The highest BCUT2D eigenvalue weighted by Gasteiger charge is 2.26. The number of carboxylic acid groups (broad SMARTS) is 1. The number of hydrogen-bond acceptors (Lipinski definition) is 9. The van der Waals surface area contributed by atoms with Gasteiger partial charge in [0, 0.05) is 20.1 Å². The molecule has 0 aliphatic heterocycles. The first-order valence-corrected chi connectivity index (χ1v) is 6.84. The Labute approximate surface area is 133 Å². The van der Waals surface area contributed by atoms with Crippen LogP contribution in [0.25, 0.3) is 0 Å². The number of rotatable bonds is 10. The SMILES string of the molecule is CC(=O)OC(=O)C(CC(=O)O)OCC(O)CO.OCCCCO. The van der Waals surface area contributed by atoms with Crippen LogP contribution in [0.1, 0.15) is 26.2 Å². The Morgan fingerprint density at radius 1 is 1.04 bits per heavy atom. The zero-order chi connectivity index (χ0) is 18.3. The molecule has 0 aliphatic rings. The van der Waals surface area contributed by atoms with Gasteiger partial charge in [0.1, 0.15) is 6.10 Å². The molecular formula is C13H24O10. The van der Waals surface area contributed by atoms with Crippen molar-refractivity contribution >= 4 is 17.9 Å². The van der Waals surface area contributed by atoms with E-state index < -0.39 is 49.8 Å². The van der Waals surface area contributed by atoms with Gasteiger partial charge in [0.05, 0.1) is 19.6 Å². The summed E-state index contributed by atoms with van der Waals surface area (Å²) in [5.74, 6) is -3.37. The summed E-state index contributed by atoms with van der Waals surface area (Å²) in [5, 5.41) is 42.1. The standard InChI is InChI=1S/C9H14O8.C4H10O2/c1-5(11)17-9(15)7(2-8(13)14)16-4-6(12)3-10;5-3-1-2-4-6/h6-7,10,12H,2-4H2,1H3,(H,13,14);5-6H,1-4H2. The average Bonchev–Trinajstić information content (AvgIpc) is 2.48. The topological polar surface area (TPSA) is 171 Å². The minimum Gasteiger partial charge on any atom is -0.481 e. The molecule has 0 saturated heterocycles. The first kappa shape index (κ1) is 23.7. The van der Waals surface area contributed by atoms with Gasteiger partial charge < -0.3 is 35.0 Å². The van der Waals surface area contributed by atoms with E-state index in [1.54, 1.807) is 0 Å². The Bertz CT molecular complexity index is 340. The van der Waals surface area contributed by atoms with E-state index in [1.165, 1.54) is 0 Å². The monoisotopic (exact) mass is 340 g/mol. The van der Waals surface area contributed by atoms with Gasteiger partial charge in [0.25, 0.3) is 0 Å². The van der Waals surface area contributed by atoms with Crippen molar-refractivity contribution in [1.82, 2.24) is 0 Å². The number of ether oxygens (including phenoxy) is 2. The van der Waals surface area contributed by atoms with Crippen LogP contribution in [0.4, 0.5) is 0 Å². The highest BCUT2D eigenvalue weighted by Crippen LogP contribution is 2.03. The highest BCUT2D eigenvalue weighted by atomic mass is 16.6. The molecule has 0 heterocycles. The second kappa shape index (κ2) is 15.3. The van der Waals surface area contributed by atoms with Crippen molar-refractivity contribution in [3.63, 3.8) is 0 Å². The molecule has 10 nitrogen and oxygen atoms in total. The predicted octanol–water partition coefficient (Wildman–Crippen LogP) is -1.96. The van der Waals surface area contributed by atoms with Crippen LogP contribution in [0.3, 0.4) is 0 Å². The summed E-state index contributed by atoms with van der Waals surface area (Å²) >= 11 is 0. The van der Waals surface area contributed by atoms with Crippen LogP contribution in [0, 0.1) is 0 Å². The van der Waals surface area contributed by atoms with Crippen molar-refractivity contribution in [3.05, 3.63) is 0 Å². The molecule has 0 aliphatic carbocycles. The molecule has 0 bridgehead atoms.